The lowest BCUT2D eigenvalue weighted by molar-refractivity contribution is -0.103. The van der Waals surface area contributed by atoms with Crippen molar-refractivity contribution in [2.75, 3.05) is 27.3 Å². The van der Waals surface area contributed by atoms with Crippen molar-refractivity contribution in [3.05, 3.63) is 57.6 Å². The number of rotatable bonds is 6. The van der Waals surface area contributed by atoms with Gasteiger partial charge in [0.25, 0.3) is 0 Å². The third-order valence-electron chi connectivity index (χ3n) is 4.32. The number of aliphatic imine (C=N–C) groups is 1. The molecule has 0 amide bonds. The minimum Gasteiger partial charge on any atom is -0.457 e. The highest BCUT2D eigenvalue weighted by Gasteiger charge is 2.29. The molecule has 1 aliphatic rings. The first-order chi connectivity index (χ1) is 13.8. The van der Waals surface area contributed by atoms with Gasteiger partial charge in [-0.3, -0.25) is 4.57 Å². The van der Waals surface area contributed by atoms with Crippen LogP contribution < -0.4 is 5.69 Å². The third kappa shape index (κ3) is 5.07. The van der Waals surface area contributed by atoms with Crippen molar-refractivity contribution < 1.29 is 19.0 Å². The maximum Gasteiger partial charge on any atom is 0.351 e. The average Bonchev–Trinajstić information content (AvgIpc) is 3.13. The fourth-order valence-corrected chi connectivity index (χ4v) is 2.90. The van der Waals surface area contributed by atoms with Gasteiger partial charge in [-0.05, 0) is 31.0 Å². The van der Waals surface area contributed by atoms with E-state index in [4.69, 9.17) is 14.2 Å². The topological polar surface area (TPSA) is 95.3 Å². The Hall–Kier alpha value is -3.04. The molecule has 0 aliphatic carbocycles. The largest absolute Gasteiger partial charge is 0.457 e. The van der Waals surface area contributed by atoms with Gasteiger partial charge in [-0.1, -0.05) is 18.2 Å². The van der Waals surface area contributed by atoms with Gasteiger partial charge in [0.2, 0.25) is 0 Å². The summed E-state index contributed by atoms with van der Waals surface area (Å²) in [4.78, 5) is 34.4. The highest BCUT2D eigenvalue weighted by Crippen LogP contribution is 2.21. The quantitative estimate of drug-likeness (QED) is 0.415. The Kier molecular flexibility index (Phi) is 6.40. The van der Waals surface area contributed by atoms with Crippen molar-refractivity contribution in [3.8, 4) is 0 Å². The first kappa shape index (κ1) is 20.7. The van der Waals surface area contributed by atoms with Gasteiger partial charge < -0.3 is 19.1 Å². The lowest BCUT2D eigenvalue weighted by Gasteiger charge is -2.14. The Bertz CT molecular complexity index is 949. The molecular weight excluding hydrogens is 376 g/mol. The second kappa shape index (κ2) is 8.97. The van der Waals surface area contributed by atoms with E-state index < -0.39 is 24.2 Å². The van der Waals surface area contributed by atoms with Crippen LogP contribution in [0.1, 0.15) is 27.7 Å². The van der Waals surface area contributed by atoms with Crippen molar-refractivity contribution in [2.24, 2.45) is 4.99 Å². The first-order valence-electron chi connectivity index (χ1n) is 9.15. The molecule has 9 nitrogen and oxygen atoms in total. The predicted molar refractivity (Wildman–Crippen MR) is 106 cm³/mol. The van der Waals surface area contributed by atoms with E-state index in [-0.39, 0.29) is 13.2 Å². The van der Waals surface area contributed by atoms with E-state index in [0.29, 0.717) is 11.4 Å². The zero-order chi connectivity index (χ0) is 21.0. The van der Waals surface area contributed by atoms with Crippen LogP contribution in [-0.2, 0) is 14.2 Å². The molecular formula is C20H24N4O5. The SMILES string of the molecule is Cc1cccc(C)c1C(=O)OC[C@H]1OC[C@@H](n2ccc(N=CN(C)C)nc2=O)O1. The molecule has 1 aliphatic heterocycles. The van der Waals surface area contributed by atoms with Crippen molar-refractivity contribution in [2.45, 2.75) is 26.4 Å². The summed E-state index contributed by atoms with van der Waals surface area (Å²) < 4.78 is 17.9. The van der Waals surface area contributed by atoms with Gasteiger partial charge in [0.05, 0.1) is 18.5 Å². The Morgan fingerprint density at radius 1 is 1.34 bits per heavy atom. The molecule has 1 fully saturated rings. The monoisotopic (exact) mass is 400 g/mol. The number of nitrogens with zero attached hydrogens (tertiary/aromatic N) is 4. The molecule has 1 saturated heterocycles. The second-order valence-corrected chi connectivity index (χ2v) is 6.90. The minimum absolute atomic E-state index is 0.0729. The fourth-order valence-electron chi connectivity index (χ4n) is 2.90. The zero-order valence-corrected chi connectivity index (χ0v) is 16.9. The number of benzene rings is 1. The van der Waals surface area contributed by atoms with Crippen molar-refractivity contribution in [1.82, 2.24) is 14.5 Å². The molecule has 0 spiro atoms. The number of aryl methyl sites for hydroxylation is 2. The molecule has 1 aromatic heterocycles. The molecule has 0 radical (unpaired) electrons. The lowest BCUT2D eigenvalue weighted by atomic mass is 10.0. The first-order valence-corrected chi connectivity index (χ1v) is 9.15. The molecule has 154 valence electrons. The normalized spacial score (nSPS) is 18.9. The number of hydrogen-bond donors (Lipinski definition) is 0. The Labute approximate surface area is 168 Å². The molecule has 0 bridgehead atoms. The maximum absolute atomic E-state index is 12.4. The van der Waals surface area contributed by atoms with E-state index in [0.717, 1.165) is 11.1 Å². The minimum atomic E-state index is -0.758. The van der Waals surface area contributed by atoms with E-state index in [2.05, 4.69) is 9.98 Å². The molecule has 29 heavy (non-hydrogen) atoms. The Morgan fingerprint density at radius 2 is 2.07 bits per heavy atom. The number of esters is 1. The summed E-state index contributed by atoms with van der Waals surface area (Å²) in [5.41, 5.74) is 1.73. The van der Waals surface area contributed by atoms with E-state index in [1.807, 2.05) is 46.1 Å². The zero-order valence-electron chi connectivity index (χ0n) is 16.9. The van der Waals surface area contributed by atoms with Crippen LogP contribution in [-0.4, -0.2) is 60.4 Å². The summed E-state index contributed by atoms with van der Waals surface area (Å²) in [6.45, 7) is 3.78. The van der Waals surface area contributed by atoms with Crippen molar-refractivity contribution >= 4 is 18.1 Å². The van der Waals surface area contributed by atoms with Gasteiger partial charge in [-0.15, -0.1) is 0 Å². The van der Waals surface area contributed by atoms with Crippen LogP contribution in [0.2, 0.25) is 0 Å². The summed E-state index contributed by atoms with van der Waals surface area (Å²) in [5, 5.41) is 0. The van der Waals surface area contributed by atoms with Crippen LogP contribution in [0.15, 0.2) is 40.2 Å². The number of carbonyl (C=O) groups is 1. The number of ether oxygens (including phenoxy) is 3. The molecule has 9 heteroatoms. The summed E-state index contributed by atoms with van der Waals surface area (Å²) in [7, 11) is 3.64. The smallest absolute Gasteiger partial charge is 0.351 e. The summed E-state index contributed by atoms with van der Waals surface area (Å²) in [5.74, 6) is -0.129. The molecule has 0 unspecified atom stereocenters. The van der Waals surface area contributed by atoms with Crippen LogP contribution in [0.25, 0.3) is 0 Å². The number of aromatic nitrogens is 2. The van der Waals surface area contributed by atoms with Gasteiger partial charge in [-0.2, -0.15) is 4.98 Å². The van der Waals surface area contributed by atoms with Gasteiger partial charge in [0, 0.05) is 20.3 Å². The van der Waals surface area contributed by atoms with E-state index in [1.54, 1.807) is 23.5 Å². The molecule has 0 N–H and O–H groups in total. The predicted octanol–water partition coefficient (Wildman–Crippen LogP) is 1.81. The number of carbonyl (C=O) groups excluding carboxylic acids is 1. The average molecular weight is 400 g/mol. The van der Waals surface area contributed by atoms with Crippen molar-refractivity contribution in [3.63, 3.8) is 0 Å². The van der Waals surface area contributed by atoms with Gasteiger partial charge in [0.15, 0.2) is 18.3 Å². The number of hydrogen-bond acceptors (Lipinski definition) is 7. The van der Waals surface area contributed by atoms with Gasteiger partial charge in [0.1, 0.15) is 6.61 Å². The van der Waals surface area contributed by atoms with Crippen LogP contribution in [0, 0.1) is 13.8 Å². The Balaban J connectivity index is 1.59. The van der Waals surface area contributed by atoms with Crippen molar-refractivity contribution in [1.29, 1.82) is 0 Å². The van der Waals surface area contributed by atoms with Gasteiger partial charge in [-0.25, -0.2) is 14.6 Å². The Morgan fingerprint density at radius 3 is 2.72 bits per heavy atom. The van der Waals surface area contributed by atoms with E-state index >= 15 is 0 Å². The molecule has 0 saturated carbocycles. The second-order valence-electron chi connectivity index (χ2n) is 6.90. The highest BCUT2D eigenvalue weighted by molar-refractivity contribution is 5.92. The summed E-state index contributed by atoms with van der Waals surface area (Å²) in [6, 6.07) is 7.21. The molecule has 3 rings (SSSR count). The standard InChI is InChI=1S/C20H24N4O5/c1-13-6-5-7-14(2)18(13)19(25)28-11-17-27-10-16(29-17)24-9-8-15(22-20(24)26)21-12-23(3)4/h5-9,12,16-17H,10-11H2,1-4H3/t16-,17-/m0/s1. The summed E-state index contributed by atoms with van der Waals surface area (Å²) >= 11 is 0. The molecule has 1 aromatic carbocycles. The fraction of sp³-hybridized carbons (Fsp3) is 0.400. The lowest BCUT2D eigenvalue weighted by Crippen LogP contribution is -2.28. The van der Waals surface area contributed by atoms with E-state index in [1.165, 1.54) is 4.57 Å². The van der Waals surface area contributed by atoms with Crippen LogP contribution in [0.5, 0.6) is 0 Å². The van der Waals surface area contributed by atoms with Crippen LogP contribution >= 0.6 is 0 Å². The van der Waals surface area contributed by atoms with Crippen LogP contribution in [0.3, 0.4) is 0 Å². The van der Waals surface area contributed by atoms with Gasteiger partial charge >= 0.3 is 11.7 Å². The molecule has 2 aromatic rings. The summed E-state index contributed by atoms with van der Waals surface area (Å²) in [6.07, 6.45) is 1.70. The highest BCUT2D eigenvalue weighted by atomic mass is 16.7. The van der Waals surface area contributed by atoms with Crippen LogP contribution in [0.4, 0.5) is 5.82 Å². The molecule has 2 heterocycles. The maximum atomic E-state index is 12.4. The third-order valence-corrected chi connectivity index (χ3v) is 4.32. The van der Waals surface area contributed by atoms with E-state index in [9.17, 15) is 9.59 Å². The molecule has 2 atom stereocenters.